The van der Waals surface area contributed by atoms with Gasteiger partial charge in [-0.15, -0.1) is 11.8 Å². The van der Waals surface area contributed by atoms with E-state index in [-0.39, 0.29) is 46.0 Å². The van der Waals surface area contributed by atoms with Gasteiger partial charge in [-0.2, -0.15) is 0 Å². The standard InChI is InChI=1S/C16H14N2O5S/c17-6-1-2-7(20)11-10(6)15(22)12-8(21)5-9(24-4-3-19)14(18)13(12)16(11)23/h1-2,5,19-21H,3-4,17-18H2. The van der Waals surface area contributed by atoms with Gasteiger partial charge in [0.25, 0.3) is 0 Å². The number of nitrogens with two attached hydrogens (primary N) is 2. The molecule has 0 atom stereocenters. The number of aliphatic hydroxyl groups excluding tert-OH is 1. The normalized spacial score (nSPS) is 12.9. The molecule has 0 bridgehead atoms. The molecule has 0 heterocycles. The van der Waals surface area contributed by atoms with Gasteiger partial charge in [0.15, 0.2) is 0 Å². The van der Waals surface area contributed by atoms with Crippen molar-refractivity contribution in [3.8, 4) is 11.5 Å². The number of carbonyl (C=O) groups is 2. The van der Waals surface area contributed by atoms with E-state index in [0.717, 1.165) is 11.8 Å². The van der Waals surface area contributed by atoms with Gasteiger partial charge in [0.2, 0.25) is 11.6 Å². The molecule has 0 saturated heterocycles. The Morgan fingerprint density at radius 3 is 2.21 bits per heavy atom. The Morgan fingerprint density at radius 2 is 1.54 bits per heavy atom. The molecule has 7 nitrogen and oxygen atoms in total. The molecule has 3 rings (SSSR count). The highest BCUT2D eigenvalue weighted by atomic mass is 32.2. The van der Waals surface area contributed by atoms with Crippen molar-refractivity contribution in [3.63, 3.8) is 0 Å². The fourth-order valence-electron chi connectivity index (χ4n) is 2.73. The minimum atomic E-state index is -0.677. The number of hydrogen-bond acceptors (Lipinski definition) is 8. The highest BCUT2D eigenvalue weighted by Gasteiger charge is 2.38. The molecule has 2 aromatic rings. The van der Waals surface area contributed by atoms with Gasteiger partial charge in [0, 0.05) is 16.3 Å². The first-order valence-corrected chi connectivity index (χ1v) is 7.97. The summed E-state index contributed by atoms with van der Waals surface area (Å²) in [7, 11) is 0. The Hall–Kier alpha value is -2.71. The number of thioether (sulfide) groups is 1. The maximum atomic E-state index is 12.8. The maximum absolute atomic E-state index is 12.8. The highest BCUT2D eigenvalue weighted by molar-refractivity contribution is 7.99. The molecule has 1 aliphatic carbocycles. The summed E-state index contributed by atoms with van der Waals surface area (Å²) in [6, 6.07) is 3.82. The third kappa shape index (κ3) is 2.19. The maximum Gasteiger partial charge on any atom is 0.200 e. The van der Waals surface area contributed by atoms with E-state index in [4.69, 9.17) is 16.6 Å². The van der Waals surface area contributed by atoms with Gasteiger partial charge >= 0.3 is 0 Å². The Kier molecular flexibility index (Phi) is 3.86. The predicted octanol–water partition coefficient (Wildman–Crippen LogP) is 1.12. The molecule has 0 unspecified atom stereocenters. The summed E-state index contributed by atoms with van der Waals surface area (Å²) in [6.45, 7) is -0.116. The number of nitrogen functional groups attached to an aromatic ring is 2. The smallest absolute Gasteiger partial charge is 0.200 e. The summed E-state index contributed by atoms with van der Waals surface area (Å²) in [5.74, 6) is -1.82. The zero-order valence-electron chi connectivity index (χ0n) is 12.4. The number of ketones is 2. The van der Waals surface area contributed by atoms with E-state index in [1.165, 1.54) is 18.2 Å². The second-order valence-corrected chi connectivity index (χ2v) is 6.35. The van der Waals surface area contributed by atoms with Crippen molar-refractivity contribution < 1.29 is 24.9 Å². The van der Waals surface area contributed by atoms with E-state index < -0.39 is 17.3 Å². The number of benzene rings is 2. The fraction of sp³-hybridized carbons (Fsp3) is 0.125. The van der Waals surface area contributed by atoms with Crippen LogP contribution in [0.2, 0.25) is 0 Å². The van der Waals surface area contributed by atoms with E-state index in [1.807, 2.05) is 0 Å². The predicted molar refractivity (Wildman–Crippen MR) is 89.7 cm³/mol. The summed E-state index contributed by atoms with van der Waals surface area (Å²) in [6.07, 6.45) is 0. The second kappa shape index (κ2) is 5.73. The van der Waals surface area contributed by atoms with Crippen LogP contribution in [-0.2, 0) is 0 Å². The number of phenolic OH excluding ortho intramolecular Hbond substituents is 2. The third-order valence-electron chi connectivity index (χ3n) is 3.78. The molecule has 0 aliphatic heterocycles. The fourth-order valence-corrected chi connectivity index (χ4v) is 3.50. The van der Waals surface area contributed by atoms with Crippen molar-refractivity contribution >= 4 is 34.7 Å². The molecule has 124 valence electrons. The van der Waals surface area contributed by atoms with E-state index in [0.29, 0.717) is 10.6 Å². The molecule has 0 spiro atoms. The molecule has 1 aliphatic rings. The molecule has 8 heteroatoms. The van der Waals surface area contributed by atoms with Crippen LogP contribution in [0.4, 0.5) is 11.4 Å². The lowest BCUT2D eigenvalue weighted by Gasteiger charge is -2.23. The number of aromatic hydroxyl groups is 2. The molecule has 2 aromatic carbocycles. The average molecular weight is 346 g/mol. The summed E-state index contributed by atoms with van der Waals surface area (Å²) < 4.78 is 0. The van der Waals surface area contributed by atoms with E-state index in [9.17, 15) is 19.8 Å². The third-order valence-corrected chi connectivity index (χ3v) is 4.82. The van der Waals surface area contributed by atoms with Crippen LogP contribution in [-0.4, -0.2) is 39.2 Å². The first-order chi connectivity index (χ1) is 11.4. The van der Waals surface area contributed by atoms with Crippen LogP contribution >= 0.6 is 11.8 Å². The molecule has 0 amide bonds. The van der Waals surface area contributed by atoms with Crippen LogP contribution < -0.4 is 11.5 Å². The summed E-state index contributed by atoms with van der Waals surface area (Å²) in [4.78, 5) is 25.9. The van der Waals surface area contributed by atoms with Gasteiger partial charge in [-0.05, 0) is 18.2 Å². The largest absolute Gasteiger partial charge is 0.507 e. The molecule has 7 N–H and O–H groups in total. The van der Waals surface area contributed by atoms with Crippen molar-refractivity contribution in [2.75, 3.05) is 23.8 Å². The van der Waals surface area contributed by atoms with E-state index >= 15 is 0 Å². The number of hydrogen-bond donors (Lipinski definition) is 5. The van der Waals surface area contributed by atoms with Crippen LogP contribution in [0.5, 0.6) is 11.5 Å². The Morgan fingerprint density at radius 1 is 0.917 bits per heavy atom. The van der Waals surface area contributed by atoms with Crippen molar-refractivity contribution in [3.05, 3.63) is 40.5 Å². The van der Waals surface area contributed by atoms with Crippen LogP contribution in [0.1, 0.15) is 31.8 Å². The zero-order chi connectivity index (χ0) is 17.6. The van der Waals surface area contributed by atoms with Crippen molar-refractivity contribution in [2.24, 2.45) is 0 Å². The quantitative estimate of drug-likeness (QED) is 0.269. The number of anilines is 2. The minimum absolute atomic E-state index is 0.0204. The second-order valence-electron chi connectivity index (χ2n) is 5.21. The number of carbonyl (C=O) groups excluding carboxylic acids is 2. The van der Waals surface area contributed by atoms with Crippen LogP contribution in [0.3, 0.4) is 0 Å². The molecule has 0 radical (unpaired) electrons. The van der Waals surface area contributed by atoms with Gasteiger partial charge < -0.3 is 26.8 Å². The van der Waals surface area contributed by atoms with Crippen LogP contribution in [0.25, 0.3) is 0 Å². The average Bonchev–Trinajstić information content (AvgIpc) is 2.54. The van der Waals surface area contributed by atoms with E-state index in [1.54, 1.807) is 0 Å². The number of rotatable bonds is 3. The van der Waals surface area contributed by atoms with E-state index in [2.05, 4.69) is 0 Å². The minimum Gasteiger partial charge on any atom is -0.507 e. The molecule has 24 heavy (non-hydrogen) atoms. The van der Waals surface area contributed by atoms with Crippen molar-refractivity contribution in [1.82, 2.24) is 0 Å². The molecular formula is C16H14N2O5S. The first kappa shape index (κ1) is 16.2. The SMILES string of the molecule is Nc1ccc(O)c2c1C(=O)c1c(O)cc(SCCO)c(N)c1C2=O. The lowest BCUT2D eigenvalue weighted by molar-refractivity contribution is 0.0975. The zero-order valence-corrected chi connectivity index (χ0v) is 13.2. The molecule has 0 saturated carbocycles. The molecular weight excluding hydrogens is 332 g/mol. The van der Waals surface area contributed by atoms with Crippen LogP contribution in [0.15, 0.2) is 23.1 Å². The van der Waals surface area contributed by atoms with Gasteiger partial charge in [0.1, 0.15) is 11.5 Å². The van der Waals surface area contributed by atoms with Gasteiger partial charge in [-0.25, -0.2) is 0 Å². The Labute approximate surface area is 140 Å². The summed E-state index contributed by atoms with van der Waals surface area (Å²) in [5.41, 5.74) is 11.1. The topological polar surface area (TPSA) is 147 Å². The monoisotopic (exact) mass is 346 g/mol. The van der Waals surface area contributed by atoms with Crippen molar-refractivity contribution in [1.29, 1.82) is 0 Å². The Bertz CT molecular complexity index is 895. The Balaban J connectivity index is 2.31. The lowest BCUT2D eigenvalue weighted by Crippen LogP contribution is -2.24. The first-order valence-electron chi connectivity index (χ1n) is 6.98. The van der Waals surface area contributed by atoms with Crippen molar-refractivity contribution in [2.45, 2.75) is 4.90 Å². The van der Waals surface area contributed by atoms with Gasteiger partial charge in [-0.1, -0.05) is 0 Å². The lowest BCUT2D eigenvalue weighted by atomic mass is 9.81. The highest BCUT2D eigenvalue weighted by Crippen LogP contribution is 2.44. The summed E-state index contributed by atoms with van der Waals surface area (Å²) >= 11 is 1.14. The molecule has 0 aromatic heterocycles. The number of phenols is 2. The number of aliphatic hydroxyl groups is 1. The van der Waals surface area contributed by atoms with Crippen LogP contribution in [0, 0.1) is 0 Å². The van der Waals surface area contributed by atoms with Gasteiger partial charge in [0.05, 0.1) is 34.5 Å². The number of fused-ring (bicyclic) bond motifs is 2. The molecule has 0 fully saturated rings. The van der Waals surface area contributed by atoms with Gasteiger partial charge in [-0.3, -0.25) is 9.59 Å². The summed E-state index contributed by atoms with van der Waals surface area (Å²) in [5, 5.41) is 29.1.